The normalized spacial score (nSPS) is 37.8. The second-order valence-electron chi connectivity index (χ2n) is 2.16. The lowest BCUT2D eigenvalue weighted by Gasteiger charge is -2.20. The number of hydrogen-bond acceptors (Lipinski definition) is 4. The summed E-state index contributed by atoms with van der Waals surface area (Å²) < 4.78 is 79.0. The zero-order valence-corrected chi connectivity index (χ0v) is 8.09. The van der Waals surface area contributed by atoms with Gasteiger partial charge in [-0.3, -0.25) is 0 Å². The van der Waals surface area contributed by atoms with Gasteiger partial charge in [-0.2, -0.15) is 17.6 Å². The van der Waals surface area contributed by atoms with E-state index in [-0.39, 0.29) is 0 Å². The first-order chi connectivity index (χ1) is 6.19. The second kappa shape index (κ2) is 3.51. The molecule has 0 saturated carbocycles. The Bertz CT molecular complexity index is 265. The van der Waals surface area contributed by atoms with E-state index in [0.717, 1.165) is 6.92 Å². The first-order valence-electron chi connectivity index (χ1n) is 2.99. The SMILES string of the molecule is C[C-]1OS(=O)C(F)(F)C(F)(F)S(=O)O1. The number of alkyl halides is 4. The van der Waals surface area contributed by atoms with Crippen LogP contribution < -0.4 is 0 Å². The molecule has 0 bridgehead atoms. The van der Waals surface area contributed by atoms with E-state index in [1.54, 1.807) is 0 Å². The number of rotatable bonds is 0. The van der Waals surface area contributed by atoms with E-state index >= 15 is 0 Å². The molecule has 1 aliphatic heterocycles. The lowest BCUT2D eigenvalue weighted by atomic mass is 10.7. The zero-order valence-electron chi connectivity index (χ0n) is 6.46. The minimum Gasteiger partial charge on any atom is -0.431 e. The van der Waals surface area contributed by atoms with Crippen molar-refractivity contribution in [2.45, 2.75) is 17.4 Å². The van der Waals surface area contributed by atoms with Crippen LogP contribution in [0.15, 0.2) is 0 Å². The maximum absolute atomic E-state index is 12.6. The van der Waals surface area contributed by atoms with Crippen LogP contribution in [-0.4, -0.2) is 18.9 Å². The van der Waals surface area contributed by atoms with E-state index in [2.05, 4.69) is 8.37 Å². The Kier molecular flexibility index (Phi) is 3.01. The van der Waals surface area contributed by atoms with Gasteiger partial charge in [0.05, 0.1) is 0 Å². The van der Waals surface area contributed by atoms with Crippen LogP contribution in [0.1, 0.15) is 6.92 Å². The predicted octanol–water partition coefficient (Wildman–Crippen LogP) is 1.06. The Hall–Kier alpha value is -0.0600. The van der Waals surface area contributed by atoms with Crippen molar-refractivity contribution in [3.05, 3.63) is 6.29 Å². The van der Waals surface area contributed by atoms with E-state index in [9.17, 15) is 26.0 Å². The lowest BCUT2D eigenvalue weighted by molar-refractivity contribution is -0.0949. The van der Waals surface area contributed by atoms with Gasteiger partial charge < -0.3 is 8.37 Å². The fourth-order valence-electron chi connectivity index (χ4n) is 0.526. The fourth-order valence-corrected chi connectivity index (χ4v) is 2.07. The maximum Gasteiger partial charge on any atom is 0.418 e. The lowest BCUT2D eigenvalue weighted by Crippen LogP contribution is -2.45. The molecule has 1 fully saturated rings. The van der Waals surface area contributed by atoms with Crippen molar-refractivity contribution in [3.8, 4) is 0 Å². The monoisotopic (exact) mass is 255 g/mol. The highest BCUT2D eigenvalue weighted by molar-refractivity contribution is 7.86. The highest BCUT2D eigenvalue weighted by Crippen LogP contribution is 2.44. The summed E-state index contributed by atoms with van der Waals surface area (Å²) in [6.07, 6.45) is -0.862. The smallest absolute Gasteiger partial charge is 0.418 e. The first kappa shape index (κ1) is 12.0. The summed E-state index contributed by atoms with van der Waals surface area (Å²) in [5, 5.41) is -10.1. The van der Waals surface area contributed by atoms with Crippen molar-refractivity contribution < 1.29 is 34.3 Å². The quantitative estimate of drug-likeness (QED) is 0.479. The number of halogens is 4. The van der Waals surface area contributed by atoms with E-state index in [0.29, 0.717) is 0 Å². The molecule has 0 N–H and O–H groups in total. The summed E-state index contributed by atoms with van der Waals surface area (Å²) in [4.78, 5) is 0. The highest BCUT2D eigenvalue weighted by atomic mass is 32.2. The summed E-state index contributed by atoms with van der Waals surface area (Å²) in [5.74, 6) is 0. The van der Waals surface area contributed by atoms with Gasteiger partial charge in [-0.05, 0) is 0 Å². The largest absolute Gasteiger partial charge is 0.431 e. The van der Waals surface area contributed by atoms with E-state index in [1.165, 1.54) is 0 Å². The van der Waals surface area contributed by atoms with Crippen LogP contribution >= 0.6 is 0 Å². The predicted molar refractivity (Wildman–Crippen MR) is 37.3 cm³/mol. The van der Waals surface area contributed by atoms with Gasteiger partial charge in [0.2, 0.25) is 22.2 Å². The van der Waals surface area contributed by atoms with E-state index in [1.807, 2.05) is 0 Å². The maximum atomic E-state index is 12.6. The Balaban J connectivity index is 3.16. The van der Waals surface area contributed by atoms with Crippen molar-refractivity contribution in [2.75, 3.05) is 0 Å². The fraction of sp³-hybridized carbons (Fsp3) is 0.750. The first-order valence-corrected chi connectivity index (χ1v) is 5.14. The molecule has 0 amide bonds. The summed E-state index contributed by atoms with van der Waals surface area (Å²) in [6.45, 7) is 0.841. The van der Waals surface area contributed by atoms with Gasteiger partial charge in [0.1, 0.15) is 0 Å². The molecule has 1 aliphatic rings. The molecular weight excluding hydrogens is 252 g/mol. The summed E-state index contributed by atoms with van der Waals surface area (Å²) >= 11 is -7.25. The molecule has 0 aromatic heterocycles. The standard InChI is InChI=1S/C4H3F4O4S2/c1-2-11-13(9)3(5,6)4(7,8)14(10)12-2/h1H3/q-1. The number of hydrogen-bond donors (Lipinski definition) is 0. The minimum atomic E-state index is -5.06. The Morgan fingerprint density at radius 2 is 1.29 bits per heavy atom. The molecule has 0 radical (unpaired) electrons. The minimum absolute atomic E-state index is 0.841. The molecule has 2 atom stereocenters. The summed E-state index contributed by atoms with van der Waals surface area (Å²) in [5.41, 5.74) is 0. The third-order valence-corrected chi connectivity index (χ3v) is 3.39. The van der Waals surface area contributed by atoms with Crippen molar-refractivity contribution in [2.24, 2.45) is 0 Å². The Morgan fingerprint density at radius 3 is 1.57 bits per heavy atom. The van der Waals surface area contributed by atoms with Gasteiger partial charge in [0.15, 0.2) is 0 Å². The molecular formula is C4H3F4O4S2-. The van der Waals surface area contributed by atoms with Crippen molar-refractivity contribution in [3.63, 3.8) is 0 Å². The van der Waals surface area contributed by atoms with Gasteiger partial charge in [-0.25, -0.2) is 8.42 Å². The average Bonchev–Trinajstić information content (AvgIpc) is 2.05. The van der Waals surface area contributed by atoms with Gasteiger partial charge >= 0.3 is 10.5 Å². The Morgan fingerprint density at radius 1 is 1.00 bits per heavy atom. The van der Waals surface area contributed by atoms with Crippen LogP contribution in [0.5, 0.6) is 0 Å². The van der Waals surface area contributed by atoms with Crippen LogP contribution in [0.4, 0.5) is 17.6 Å². The molecule has 10 heteroatoms. The molecule has 4 nitrogen and oxygen atoms in total. The van der Waals surface area contributed by atoms with E-state index < -0.39 is 39.0 Å². The molecule has 0 aromatic rings. The molecule has 1 heterocycles. The van der Waals surface area contributed by atoms with Crippen molar-refractivity contribution >= 4 is 22.2 Å². The third kappa shape index (κ3) is 1.71. The summed E-state index contributed by atoms with van der Waals surface area (Å²) in [6, 6.07) is 0. The molecule has 0 spiro atoms. The molecule has 0 aromatic carbocycles. The highest BCUT2D eigenvalue weighted by Gasteiger charge is 2.67. The van der Waals surface area contributed by atoms with Crippen molar-refractivity contribution in [1.82, 2.24) is 0 Å². The Labute approximate surface area is 80.9 Å². The van der Waals surface area contributed by atoms with Crippen LogP contribution in [0, 0.1) is 6.29 Å². The van der Waals surface area contributed by atoms with E-state index in [4.69, 9.17) is 0 Å². The molecule has 2 unspecified atom stereocenters. The van der Waals surface area contributed by atoms with Gasteiger partial charge in [0.25, 0.3) is 0 Å². The van der Waals surface area contributed by atoms with Crippen LogP contribution in [0.2, 0.25) is 0 Å². The second-order valence-corrected chi connectivity index (χ2v) is 4.46. The van der Waals surface area contributed by atoms with Crippen molar-refractivity contribution in [1.29, 1.82) is 0 Å². The van der Waals surface area contributed by atoms with Crippen LogP contribution in [0.25, 0.3) is 0 Å². The molecule has 1 rings (SSSR count). The van der Waals surface area contributed by atoms with Gasteiger partial charge in [-0.15, -0.1) is 6.92 Å². The van der Waals surface area contributed by atoms with Gasteiger partial charge in [0, 0.05) is 0 Å². The zero-order chi connectivity index (χ0) is 11.1. The average molecular weight is 255 g/mol. The van der Waals surface area contributed by atoms with Crippen LogP contribution in [-0.2, 0) is 30.5 Å². The topological polar surface area (TPSA) is 52.6 Å². The van der Waals surface area contributed by atoms with Crippen LogP contribution in [0.3, 0.4) is 0 Å². The van der Waals surface area contributed by atoms with Gasteiger partial charge in [-0.1, -0.05) is 6.29 Å². The molecule has 0 aliphatic carbocycles. The third-order valence-electron chi connectivity index (χ3n) is 1.14. The summed E-state index contributed by atoms with van der Waals surface area (Å²) in [7, 11) is 0. The molecule has 84 valence electrons. The molecule has 1 saturated heterocycles. The molecule has 14 heavy (non-hydrogen) atoms.